The Morgan fingerprint density at radius 2 is 2.26 bits per heavy atom. The summed E-state index contributed by atoms with van der Waals surface area (Å²) in [7, 11) is 0. The molecule has 0 spiro atoms. The largest absolute Gasteiger partial charge is 0.492 e. The van der Waals surface area contributed by atoms with Crippen molar-refractivity contribution in [3.05, 3.63) is 41.5 Å². The number of nitrogens with one attached hydrogen (secondary N) is 1. The van der Waals surface area contributed by atoms with Crippen LogP contribution in [0.4, 0.5) is 0 Å². The van der Waals surface area contributed by atoms with Crippen molar-refractivity contribution in [1.82, 2.24) is 20.1 Å². The number of aryl methyl sites for hydroxylation is 1. The zero-order valence-electron chi connectivity index (χ0n) is 13.2. The van der Waals surface area contributed by atoms with Crippen LogP contribution in [0.15, 0.2) is 24.3 Å². The fourth-order valence-corrected chi connectivity index (χ4v) is 3.53. The number of nitrogens with zero attached hydrogens (tertiary/aromatic N) is 3. The van der Waals surface area contributed by atoms with Crippen LogP contribution in [0, 0.1) is 12.8 Å². The van der Waals surface area contributed by atoms with E-state index >= 15 is 0 Å². The number of aromatic amines is 1. The molecule has 6 nitrogen and oxygen atoms in total. The SMILES string of the molecule is Cc1nc([C@@H]2CCCN2C(=O)C2COc3ccccc3C2)n[nH]1. The number of para-hydroxylation sites is 1. The molecule has 1 aromatic heterocycles. The Morgan fingerprint density at radius 1 is 1.39 bits per heavy atom. The normalized spacial score (nSPS) is 23.4. The standard InChI is InChI=1S/C17H20N4O2/c1-11-18-16(20-19-11)14-6-4-8-21(14)17(22)13-9-12-5-2-3-7-15(12)23-10-13/h2-3,5,7,13-14H,4,6,8-10H2,1H3,(H,18,19,20)/t13?,14-/m0/s1. The molecule has 3 heterocycles. The summed E-state index contributed by atoms with van der Waals surface area (Å²) in [5, 5.41) is 7.12. The summed E-state index contributed by atoms with van der Waals surface area (Å²) in [6.45, 7) is 3.10. The van der Waals surface area contributed by atoms with Crippen molar-refractivity contribution in [2.45, 2.75) is 32.2 Å². The Kier molecular flexibility index (Phi) is 3.52. The van der Waals surface area contributed by atoms with Crippen molar-refractivity contribution in [3.63, 3.8) is 0 Å². The number of aromatic nitrogens is 3. The number of benzene rings is 1. The van der Waals surface area contributed by atoms with Crippen molar-refractivity contribution in [1.29, 1.82) is 0 Å². The van der Waals surface area contributed by atoms with E-state index in [1.54, 1.807) is 0 Å². The highest BCUT2D eigenvalue weighted by Gasteiger charge is 2.37. The number of carbonyl (C=O) groups excluding carboxylic acids is 1. The van der Waals surface area contributed by atoms with Crippen LogP contribution in [-0.2, 0) is 11.2 Å². The first-order valence-corrected chi connectivity index (χ1v) is 8.12. The number of rotatable bonds is 2. The quantitative estimate of drug-likeness (QED) is 0.921. The molecule has 2 aromatic rings. The van der Waals surface area contributed by atoms with E-state index in [1.807, 2.05) is 36.1 Å². The first-order chi connectivity index (χ1) is 11.2. The van der Waals surface area contributed by atoms with Crippen LogP contribution >= 0.6 is 0 Å². The van der Waals surface area contributed by atoms with E-state index in [0.29, 0.717) is 6.61 Å². The molecule has 2 atom stereocenters. The number of hydrogen-bond donors (Lipinski definition) is 1. The van der Waals surface area contributed by atoms with Gasteiger partial charge in [0.15, 0.2) is 5.82 Å². The smallest absolute Gasteiger partial charge is 0.230 e. The maximum absolute atomic E-state index is 13.0. The van der Waals surface area contributed by atoms with E-state index in [0.717, 1.165) is 48.8 Å². The number of ether oxygens (including phenoxy) is 1. The topological polar surface area (TPSA) is 71.1 Å². The van der Waals surface area contributed by atoms with Gasteiger partial charge in [0.05, 0.1) is 12.0 Å². The summed E-state index contributed by atoms with van der Waals surface area (Å²) in [6, 6.07) is 7.94. The minimum atomic E-state index is -0.120. The molecule has 1 fully saturated rings. The third-order valence-electron chi connectivity index (χ3n) is 4.68. The zero-order valence-corrected chi connectivity index (χ0v) is 13.2. The van der Waals surface area contributed by atoms with E-state index in [1.165, 1.54) is 0 Å². The molecule has 1 N–H and O–H groups in total. The lowest BCUT2D eigenvalue weighted by Crippen LogP contribution is -2.40. The van der Waals surface area contributed by atoms with Gasteiger partial charge in [0.25, 0.3) is 0 Å². The molecule has 4 rings (SSSR count). The van der Waals surface area contributed by atoms with Crippen molar-refractivity contribution in [3.8, 4) is 5.75 Å². The molecular weight excluding hydrogens is 292 g/mol. The highest BCUT2D eigenvalue weighted by atomic mass is 16.5. The van der Waals surface area contributed by atoms with Gasteiger partial charge in [-0.2, -0.15) is 5.10 Å². The van der Waals surface area contributed by atoms with E-state index in [-0.39, 0.29) is 17.9 Å². The molecule has 1 saturated heterocycles. The van der Waals surface area contributed by atoms with Crippen LogP contribution in [0.2, 0.25) is 0 Å². The van der Waals surface area contributed by atoms with Crippen LogP contribution in [0.3, 0.4) is 0 Å². The lowest BCUT2D eigenvalue weighted by Gasteiger charge is -2.30. The average molecular weight is 312 g/mol. The van der Waals surface area contributed by atoms with Gasteiger partial charge < -0.3 is 9.64 Å². The van der Waals surface area contributed by atoms with Gasteiger partial charge in [0.2, 0.25) is 5.91 Å². The van der Waals surface area contributed by atoms with E-state index in [4.69, 9.17) is 4.74 Å². The molecule has 23 heavy (non-hydrogen) atoms. The highest BCUT2D eigenvalue weighted by Crippen LogP contribution is 2.34. The summed E-state index contributed by atoms with van der Waals surface area (Å²) in [4.78, 5) is 19.3. The molecule has 1 aromatic carbocycles. The maximum Gasteiger partial charge on any atom is 0.230 e. The summed E-state index contributed by atoms with van der Waals surface area (Å²) >= 11 is 0. The molecular formula is C17H20N4O2. The van der Waals surface area contributed by atoms with E-state index in [9.17, 15) is 4.79 Å². The molecule has 1 unspecified atom stereocenters. The van der Waals surface area contributed by atoms with Gasteiger partial charge in [-0.25, -0.2) is 4.98 Å². The van der Waals surface area contributed by atoms with Crippen LogP contribution in [0.5, 0.6) is 5.75 Å². The summed E-state index contributed by atoms with van der Waals surface area (Å²) in [5.74, 6) is 2.45. The molecule has 2 aliphatic rings. The first-order valence-electron chi connectivity index (χ1n) is 8.12. The Labute approximate surface area is 134 Å². The lowest BCUT2D eigenvalue weighted by molar-refractivity contribution is -0.138. The highest BCUT2D eigenvalue weighted by molar-refractivity contribution is 5.80. The summed E-state index contributed by atoms with van der Waals surface area (Å²) in [6.07, 6.45) is 2.66. The van der Waals surface area contributed by atoms with Gasteiger partial charge in [-0.15, -0.1) is 0 Å². The maximum atomic E-state index is 13.0. The Bertz CT molecular complexity index is 727. The second kappa shape index (κ2) is 5.68. The second-order valence-corrected chi connectivity index (χ2v) is 6.29. The number of H-pyrrole nitrogens is 1. The predicted molar refractivity (Wildman–Crippen MR) is 83.9 cm³/mol. The first kappa shape index (κ1) is 14.2. The fourth-order valence-electron chi connectivity index (χ4n) is 3.53. The molecule has 2 aliphatic heterocycles. The summed E-state index contributed by atoms with van der Waals surface area (Å²) in [5.41, 5.74) is 1.11. The average Bonchev–Trinajstić information content (AvgIpc) is 3.22. The van der Waals surface area contributed by atoms with E-state index < -0.39 is 0 Å². The minimum Gasteiger partial charge on any atom is -0.492 e. The monoisotopic (exact) mass is 312 g/mol. The Hall–Kier alpha value is -2.37. The zero-order chi connectivity index (χ0) is 15.8. The molecule has 120 valence electrons. The molecule has 0 bridgehead atoms. The number of hydrogen-bond acceptors (Lipinski definition) is 4. The van der Waals surface area contributed by atoms with Crippen molar-refractivity contribution < 1.29 is 9.53 Å². The van der Waals surface area contributed by atoms with Crippen LogP contribution in [-0.4, -0.2) is 39.1 Å². The molecule has 0 aliphatic carbocycles. The van der Waals surface area contributed by atoms with Crippen LogP contribution in [0.1, 0.15) is 36.1 Å². The Balaban J connectivity index is 1.52. The van der Waals surface area contributed by atoms with Gasteiger partial charge in [0.1, 0.15) is 18.2 Å². The van der Waals surface area contributed by atoms with Gasteiger partial charge in [0, 0.05) is 6.54 Å². The molecule has 0 saturated carbocycles. The van der Waals surface area contributed by atoms with Gasteiger partial charge in [-0.1, -0.05) is 18.2 Å². The lowest BCUT2D eigenvalue weighted by atomic mass is 9.95. The van der Waals surface area contributed by atoms with Gasteiger partial charge in [-0.3, -0.25) is 9.89 Å². The van der Waals surface area contributed by atoms with Crippen molar-refractivity contribution in [2.75, 3.05) is 13.2 Å². The minimum absolute atomic E-state index is 0.00961. The number of likely N-dealkylation sites (tertiary alicyclic amines) is 1. The number of carbonyl (C=O) groups is 1. The van der Waals surface area contributed by atoms with Crippen LogP contribution in [0.25, 0.3) is 0 Å². The van der Waals surface area contributed by atoms with Crippen molar-refractivity contribution in [2.24, 2.45) is 5.92 Å². The van der Waals surface area contributed by atoms with Gasteiger partial charge >= 0.3 is 0 Å². The van der Waals surface area contributed by atoms with Crippen LogP contribution < -0.4 is 4.74 Å². The Morgan fingerprint density at radius 3 is 3.09 bits per heavy atom. The number of fused-ring (bicyclic) bond motifs is 1. The fraction of sp³-hybridized carbons (Fsp3) is 0.471. The van der Waals surface area contributed by atoms with Crippen molar-refractivity contribution >= 4 is 5.91 Å². The molecule has 6 heteroatoms. The summed E-state index contributed by atoms with van der Waals surface area (Å²) < 4.78 is 5.78. The molecule has 0 radical (unpaired) electrons. The molecule has 1 amide bonds. The predicted octanol–water partition coefficient (Wildman–Crippen LogP) is 2.03. The third-order valence-corrected chi connectivity index (χ3v) is 4.68. The van der Waals surface area contributed by atoms with Gasteiger partial charge in [-0.05, 0) is 37.8 Å². The number of amides is 1. The third kappa shape index (κ3) is 2.58. The second-order valence-electron chi connectivity index (χ2n) is 6.29. The van der Waals surface area contributed by atoms with E-state index in [2.05, 4.69) is 15.2 Å².